The van der Waals surface area contributed by atoms with E-state index >= 15 is 0 Å². The predicted molar refractivity (Wildman–Crippen MR) is 106 cm³/mol. The van der Waals surface area contributed by atoms with Crippen molar-refractivity contribution in [1.29, 1.82) is 0 Å². The Kier molecular flexibility index (Phi) is 6.41. The molecular weight excluding hydrogens is 428 g/mol. The summed E-state index contributed by atoms with van der Waals surface area (Å²) in [6.45, 7) is -0.965. The van der Waals surface area contributed by atoms with Crippen LogP contribution in [0.15, 0.2) is 36.4 Å². The SMILES string of the molecule is O=C(NC[C@H]1OC(O)[C@@](O)(CNC(=O)c2ccc(O)c(O)c2)[C@@H]1O)c1ccc(O)c(O)c1. The zero-order valence-electron chi connectivity index (χ0n) is 16.5. The number of hydrogen-bond donors (Lipinski definition) is 9. The quantitative estimate of drug-likeness (QED) is 0.232. The van der Waals surface area contributed by atoms with E-state index in [1.807, 2.05) is 0 Å². The molecule has 12 nitrogen and oxygen atoms in total. The lowest BCUT2D eigenvalue weighted by molar-refractivity contribution is -0.172. The van der Waals surface area contributed by atoms with Crippen LogP contribution in [-0.4, -0.2) is 84.7 Å². The van der Waals surface area contributed by atoms with Gasteiger partial charge in [0.05, 0.1) is 6.54 Å². The molecular formula is C20H22N2O10. The lowest BCUT2D eigenvalue weighted by Gasteiger charge is -2.28. The van der Waals surface area contributed by atoms with Crippen LogP contribution in [0.5, 0.6) is 23.0 Å². The first-order valence-electron chi connectivity index (χ1n) is 9.37. The third kappa shape index (κ3) is 4.53. The Balaban J connectivity index is 1.59. The zero-order chi connectivity index (χ0) is 23.6. The van der Waals surface area contributed by atoms with E-state index in [4.69, 9.17) is 4.74 Å². The van der Waals surface area contributed by atoms with Gasteiger partial charge in [0.15, 0.2) is 34.9 Å². The van der Waals surface area contributed by atoms with Crippen LogP contribution in [0.25, 0.3) is 0 Å². The van der Waals surface area contributed by atoms with Crippen LogP contribution in [0.4, 0.5) is 0 Å². The lowest BCUT2D eigenvalue weighted by Crippen LogP contribution is -2.56. The van der Waals surface area contributed by atoms with E-state index in [1.54, 1.807) is 0 Å². The number of carbonyl (C=O) groups is 2. The minimum Gasteiger partial charge on any atom is -0.504 e. The molecule has 2 amide bonds. The standard InChI is InChI=1S/C20H22N2O10/c23-11-3-1-9(5-13(11)25)17(28)21-7-15-16(27)20(31,19(30)32-15)8-22-18(29)10-2-4-12(24)14(26)6-10/h1-6,15-16,19,23-27,30-31H,7-8H2,(H,21,28)(H,22,29)/t15-,16-,19?,20-/m1/s1. The largest absolute Gasteiger partial charge is 0.504 e. The van der Waals surface area contributed by atoms with Gasteiger partial charge in [-0.2, -0.15) is 0 Å². The van der Waals surface area contributed by atoms with Crippen molar-refractivity contribution in [2.45, 2.75) is 24.1 Å². The number of hydrogen-bond acceptors (Lipinski definition) is 10. The maximum absolute atomic E-state index is 12.2. The van der Waals surface area contributed by atoms with E-state index in [1.165, 1.54) is 12.1 Å². The number of amides is 2. The molecule has 1 saturated heterocycles. The second-order valence-electron chi connectivity index (χ2n) is 7.26. The number of ether oxygens (including phenoxy) is 1. The van der Waals surface area contributed by atoms with Gasteiger partial charge in [0.2, 0.25) is 0 Å². The van der Waals surface area contributed by atoms with Crippen molar-refractivity contribution in [2.75, 3.05) is 13.1 Å². The summed E-state index contributed by atoms with van der Waals surface area (Å²) in [5.74, 6) is -3.31. The van der Waals surface area contributed by atoms with Gasteiger partial charge in [0.25, 0.3) is 11.8 Å². The van der Waals surface area contributed by atoms with Crippen molar-refractivity contribution in [3.8, 4) is 23.0 Å². The molecule has 32 heavy (non-hydrogen) atoms. The van der Waals surface area contributed by atoms with E-state index in [9.17, 15) is 45.3 Å². The number of benzene rings is 2. The number of nitrogens with one attached hydrogen (secondary N) is 2. The maximum atomic E-state index is 12.2. The molecule has 3 rings (SSSR count). The van der Waals surface area contributed by atoms with E-state index in [0.717, 1.165) is 24.3 Å². The van der Waals surface area contributed by atoms with Crippen LogP contribution in [0.1, 0.15) is 20.7 Å². The topological polar surface area (TPSA) is 209 Å². The normalized spacial score (nSPS) is 24.8. The molecule has 0 spiro atoms. The second-order valence-corrected chi connectivity index (χ2v) is 7.26. The summed E-state index contributed by atoms with van der Waals surface area (Å²) in [5, 5.41) is 73.4. The highest BCUT2D eigenvalue weighted by Crippen LogP contribution is 2.30. The van der Waals surface area contributed by atoms with Crippen molar-refractivity contribution in [3.63, 3.8) is 0 Å². The monoisotopic (exact) mass is 450 g/mol. The summed E-state index contributed by atoms with van der Waals surface area (Å²) in [6, 6.07) is 6.69. The molecule has 0 aromatic heterocycles. The lowest BCUT2D eigenvalue weighted by atomic mass is 9.94. The van der Waals surface area contributed by atoms with E-state index in [-0.39, 0.29) is 17.7 Å². The van der Waals surface area contributed by atoms with Crippen molar-refractivity contribution >= 4 is 11.8 Å². The van der Waals surface area contributed by atoms with Crippen LogP contribution in [0.2, 0.25) is 0 Å². The van der Waals surface area contributed by atoms with E-state index in [0.29, 0.717) is 0 Å². The number of phenols is 4. The van der Waals surface area contributed by atoms with Crippen LogP contribution in [0.3, 0.4) is 0 Å². The molecule has 0 saturated carbocycles. The van der Waals surface area contributed by atoms with Crippen LogP contribution in [0, 0.1) is 0 Å². The summed E-state index contributed by atoms with van der Waals surface area (Å²) < 4.78 is 5.12. The predicted octanol–water partition coefficient (Wildman–Crippen LogP) is -1.52. The summed E-state index contributed by atoms with van der Waals surface area (Å²) in [4.78, 5) is 24.4. The Morgan fingerprint density at radius 3 is 1.84 bits per heavy atom. The van der Waals surface area contributed by atoms with Crippen LogP contribution in [-0.2, 0) is 4.74 Å². The first-order valence-corrected chi connectivity index (χ1v) is 9.37. The molecule has 172 valence electrons. The second kappa shape index (κ2) is 8.88. The summed E-state index contributed by atoms with van der Waals surface area (Å²) in [6.07, 6.45) is -4.84. The highest BCUT2D eigenvalue weighted by molar-refractivity contribution is 5.95. The summed E-state index contributed by atoms with van der Waals surface area (Å²) >= 11 is 0. The molecule has 1 heterocycles. The molecule has 1 unspecified atom stereocenters. The van der Waals surface area contributed by atoms with E-state index < -0.39 is 65.5 Å². The number of phenolic OH excluding ortho intramolecular Hbond substituents is 4. The van der Waals surface area contributed by atoms with Crippen molar-refractivity contribution < 1.29 is 50.1 Å². The third-order valence-electron chi connectivity index (χ3n) is 5.07. The van der Waals surface area contributed by atoms with Crippen LogP contribution >= 0.6 is 0 Å². The molecule has 0 radical (unpaired) electrons. The Morgan fingerprint density at radius 2 is 1.34 bits per heavy atom. The molecule has 9 N–H and O–H groups in total. The van der Waals surface area contributed by atoms with Gasteiger partial charge in [-0.25, -0.2) is 0 Å². The fourth-order valence-electron chi connectivity index (χ4n) is 3.13. The molecule has 12 heteroatoms. The average molecular weight is 450 g/mol. The number of aliphatic hydroxyl groups excluding tert-OH is 2. The Bertz CT molecular complexity index is 1030. The van der Waals surface area contributed by atoms with Gasteiger partial charge in [-0.3, -0.25) is 9.59 Å². The van der Waals surface area contributed by atoms with Gasteiger partial charge < -0.3 is 51.1 Å². The first-order chi connectivity index (χ1) is 15.0. The molecule has 2 aromatic carbocycles. The average Bonchev–Trinajstić information content (AvgIpc) is 2.97. The minimum absolute atomic E-state index is 0.00742. The molecule has 1 aliphatic heterocycles. The highest BCUT2D eigenvalue weighted by atomic mass is 16.6. The fraction of sp³-hybridized carbons (Fsp3) is 0.300. The Hall–Kier alpha value is -3.58. The van der Waals surface area contributed by atoms with Gasteiger partial charge in [-0.15, -0.1) is 0 Å². The third-order valence-corrected chi connectivity index (χ3v) is 5.07. The first kappa shape index (κ1) is 23.1. The van der Waals surface area contributed by atoms with Crippen LogP contribution < -0.4 is 10.6 Å². The maximum Gasteiger partial charge on any atom is 0.251 e. The van der Waals surface area contributed by atoms with Gasteiger partial charge in [-0.1, -0.05) is 0 Å². The molecule has 0 aliphatic carbocycles. The van der Waals surface area contributed by atoms with Gasteiger partial charge >= 0.3 is 0 Å². The number of aromatic hydroxyl groups is 4. The van der Waals surface area contributed by atoms with Crippen molar-refractivity contribution in [2.24, 2.45) is 0 Å². The molecule has 2 aromatic rings. The summed E-state index contributed by atoms with van der Waals surface area (Å²) in [7, 11) is 0. The van der Waals surface area contributed by atoms with Crippen molar-refractivity contribution in [3.05, 3.63) is 47.5 Å². The fourth-order valence-corrected chi connectivity index (χ4v) is 3.13. The molecule has 1 fully saturated rings. The zero-order valence-corrected chi connectivity index (χ0v) is 16.5. The molecule has 0 bridgehead atoms. The number of carbonyl (C=O) groups excluding carboxylic acids is 2. The van der Waals surface area contributed by atoms with E-state index in [2.05, 4.69) is 10.6 Å². The van der Waals surface area contributed by atoms with Gasteiger partial charge in [0.1, 0.15) is 12.2 Å². The van der Waals surface area contributed by atoms with Crippen molar-refractivity contribution in [1.82, 2.24) is 10.6 Å². The Morgan fingerprint density at radius 1 is 0.844 bits per heavy atom. The minimum atomic E-state index is -2.30. The molecule has 4 atom stereocenters. The summed E-state index contributed by atoms with van der Waals surface area (Å²) in [5.41, 5.74) is -2.35. The number of aliphatic hydroxyl groups is 3. The molecule has 1 aliphatic rings. The highest BCUT2D eigenvalue weighted by Gasteiger charge is 2.55. The smallest absolute Gasteiger partial charge is 0.251 e. The number of rotatable bonds is 6. The van der Waals surface area contributed by atoms with Gasteiger partial charge in [0, 0.05) is 17.7 Å². The van der Waals surface area contributed by atoms with Gasteiger partial charge in [-0.05, 0) is 36.4 Å². The Labute approximate surface area is 180 Å².